The molecule has 1 aromatic carbocycles. The summed E-state index contributed by atoms with van der Waals surface area (Å²) in [6, 6.07) is 5.78. The van der Waals surface area contributed by atoms with Crippen LogP contribution >= 0.6 is 11.6 Å². The van der Waals surface area contributed by atoms with E-state index in [0.717, 1.165) is 30.4 Å². The highest BCUT2D eigenvalue weighted by atomic mass is 35.5. The van der Waals surface area contributed by atoms with E-state index in [-0.39, 0.29) is 0 Å². The fourth-order valence-electron chi connectivity index (χ4n) is 2.58. The van der Waals surface area contributed by atoms with Gasteiger partial charge in [0.1, 0.15) is 12.4 Å². The van der Waals surface area contributed by atoms with Gasteiger partial charge in [-0.2, -0.15) is 0 Å². The number of benzene rings is 1. The van der Waals surface area contributed by atoms with Crippen LogP contribution in [0.2, 0.25) is 5.02 Å². The molecule has 2 N–H and O–H groups in total. The van der Waals surface area contributed by atoms with Crippen molar-refractivity contribution in [3.63, 3.8) is 0 Å². The molecule has 0 bridgehead atoms. The number of carboxylic acid groups (broad SMARTS) is 2. The molecule has 0 saturated carbocycles. The SMILES string of the molecule is Cc1cccc(Cl)c1OCCOCCN1CCC(C)CC1.O=C(O)C(=O)O. The number of piperidine rings is 1. The summed E-state index contributed by atoms with van der Waals surface area (Å²) in [7, 11) is 0. The second-order valence-corrected chi connectivity index (χ2v) is 6.89. The Morgan fingerprint density at radius 2 is 1.78 bits per heavy atom. The molecule has 0 atom stereocenters. The van der Waals surface area contributed by atoms with Crippen LogP contribution in [0.4, 0.5) is 0 Å². The van der Waals surface area contributed by atoms with Gasteiger partial charge in [0.25, 0.3) is 0 Å². The Morgan fingerprint density at radius 3 is 2.33 bits per heavy atom. The average molecular weight is 402 g/mol. The number of hydrogen-bond acceptors (Lipinski definition) is 5. The van der Waals surface area contributed by atoms with Crippen molar-refractivity contribution >= 4 is 23.5 Å². The van der Waals surface area contributed by atoms with Crippen LogP contribution in [0.15, 0.2) is 18.2 Å². The van der Waals surface area contributed by atoms with Crippen LogP contribution in [-0.2, 0) is 14.3 Å². The number of carboxylic acids is 2. The van der Waals surface area contributed by atoms with E-state index in [1.54, 1.807) is 0 Å². The van der Waals surface area contributed by atoms with E-state index >= 15 is 0 Å². The van der Waals surface area contributed by atoms with Gasteiger partial charge in [-0.25, -0.2) is 9.59 Å². The summed E-state index contributed by atoms with van der Waals surface area (Å²) in [5, 5.41) is 15.4. The molecule has 0 aromatic heterocycles. The largest absolute Gasteiger partial charge is 0.489 e. The summed E-state index contributed by atoms with van der Waals surface area (Å²) in [6.07, 6.45) is 2.63. The third-order valence-corrected chi connectivity index (χ3v) is 4.55. The highest BCUT2D eigenvalue weighted by Crippen LogP contribution is 2.27. The lowest BCUT2D eigenvalue weighted by Crippen LogP contribution is -2.35. The van der Waals surface area contributed by atoms with Crippen LogP contribution in [0.5, 0.6) is 5.75 Å². The smallest absolute Gasteiger partial charge is 0.414 e. The summed E-state index contributed by atoms with van der Waals surface area (Å²) < 4.78 is 11.4. The van der Waals surface area contributed by atoms with Gasteiger partial charge in [-0.15, -0.1) is 0 Å². The molecule has 1 aromatic rings. The highest BCUT2D eigenvalue weighted by Gasteiger charge is 2.14. The highest BCUT2D eigenvalue weighted by molar-refractivity contribution is 6.32. The zero-order valence-electron chi connectivity index (χ0n) is 15.8. The minimum atomic E-state index is -1.82. The summed E-state index contributed by atoms with van der Waals surface area (Å²) in [5.41, 5.74) is 1.06. The molecule has 8 heteroatoms. The van der Waals surface area contributed by atoms with Crippen molar-refractivity contribution < 1.29 is 29.3 Å². The number of ether oxygens (including phenoxy) is 2. The fourth-order valence-corrected chi connectivity index (χ4v) is 2.86. The Hall–Kier alpha value is -1.83. The first-order valence-corrected chi connectivity index (χ1v) is 9.33. The van der Waals surface area contributed by atoms with Gasteiger partial charge in [0.2, 0.25) is 0 Å². The molecule has 0 unspecified atom stereocenters. The Morgan fingerprint density at radius 1 is 1.15 bits per heavy atom. The van der Waals surface area contributed by atoms with Crippen molar-refractivity contribution in [1.29, 1.82) is 0 Å². The number of para-hydroxylation sites is 1. The summed E-state index contributed by atoms with van der Waals surface area (Å²) in [4.78, 5) is 20.7. The van der Waals surface area contributed by atoms with Gasteiger partial charge < -0.3 is 24.6 Å². The second kappa shape index (κ2) is 12.5. The fraction of sp³-hybridized carbons (Fsp3) is 0.579. The maximum Gasteiger partial charge on any atom is 0.414 e. The zero-order chi connectivity index (χ0) is 20.2. The van der Waals surface area contributed by atoms with Gasteiger partial charge in [0.05, 0.1) is 18.2 Å². The third-order valence-electron chi connectivity index (χ3n) is 4.25. The van der Waals surface area contributed by atoms with Gasteiger partial charge in [-0.3, -0.25) is 0 Å². The van der Waals surface area contributed by atoms with Crippen molar-refractivity contribution in [3.05, 3.63) is 28.8 Å². The average Bonchev–Trinajstić information content (AvgIpc) is 2.62. The molecule has 0 radical (unpaired) electrons. The van der Waals surface area contributed by atoms with Crippen LogP contribution in [0.1, 0.15) is 25.3 Å². The number of carbonyl (C=O) groups is 2. The van der Waals surface area contributed by atoms with Crippen LogP contribution in [0.3, 0.4) is 0 Å². The van der Waals surface area contributed by atoms with Gasteiger partial charge in [-0.1, -0.05) is 30.7 Å². The van der Waals surface area contributed by atoms with Crippen molar-refractivity contribution in [2.24, 2.45) is 5.92 Å². The van der Waals surface area contributed by atoms with Gasteiger partial charge in [0, 0.05) is 6.54 Å². The van der Waals surface area contributed by atoms with E-state index in [1.165, 1.54) is 25.9 Å². The normalized spacial score (nSPS) is 14.9. The quantitative estimate of drug-likeness (QED) is 0.535. The van der Waals surface area contributed by atoms with Crippen LogP contribution in [0, 0.1) is 12.8 Å². The van der Waals surface area contributed by atoms with E-state index in [9.17, 15) is 0 Å². The number of rotatable bonds is 7. The first-order chi connectivity index (χ1) is 12.8. The lowest BCUT2D eigenvalue weighted by Gasteiger charge is -2.29. The molecule has 152 valence electrons. The molecule has 7 nitrogen and oxygen atoms in total. The molecule has 2 rings (SSSR count). The topological polar surface area (TPSA) is 96.3 Å². The van der Waals surface area contributed by atoms with E-state index in [0.29, 0.717) is 18.2 Å². The molecular formula is C19H28ClNO6. The Balaban J connectivity index is 0.000000527. The van der Waals surface area contributed by atoms with E-state index in [2.05, 4.69) is 11.8 Å². The van der Waals surface area contributed by atoms with E-state index in [1.807, 2.05) is 25.1 Å². The first-order valence-electron chi connectivity index (χ1n) is 8.95. The molecule has 1 aliphatic rings. The number of aliphatic carboxylic acids is 2. The van der Waals surface area contributed by atoms with Crippen molar-refractivity contribution in [2.45, 2.75) is 26.7 Å². The first kappa shape index (κ1) is 23.2. The Labute approximate surface area is 164 Å². The predicted octanol–water partition coefficient (Wildman–Crippen LogP) is 2.93. The Bertz CT molecular complexity index is 570. The minimum absolute atomic E-state index is 0.543. The summed E-state index contributed by atoms with van der Waals surface area (Å²) in [6.45, 7) is 9.70. The molecule has 27 heavy (non-hydrogen) atoms. The predicted molar refractivity (Wildman–Crippen MR) is 103 cm³/mol. The zero-order valence-corrected chi connectivity index (χ0v) is 16.6. The Kier molecular flexibility index (Phi) is 10.8. The van der Waals surface area contributed by atoms with Crippen LogP contribution in [0.25, 0.3) is 0 Å². The molecule has 1 aliphatic heterocycles. The van der Waals surface area contributed by atoms with Crippen LogP contribution in [-0.4, -0.2) is 66.5 Å². The monoisotopic (exact) mass is 401 g/mol. The lowest BCUT2D eigenvalue weighted by atomic mass is 9.99. The lowest BCUT2D eigenvalue weighted by molar-refractivity contribution is -0.159. The molecule has 0 aliphatic carbocycles. The number of halogens is 1. The molecular weight excluding hydrogens is 374 g/mol. The maximum absolute atomic E-state index is 9.10. The summed E-state index contributed by atoms with van der Waals surface area (Å²) >= 11 is 6.11. The van der Waals surface area contributed by atoms with E-state index in [4.69, 9.17) is 40.9 Å². The maximum atomic E-state index is 9.10. The second-order valence-electron chi connectivity index (χ2n) is 6.48. The van der Waals surface area contributed by atoms with Gasteiger partial charge in [0.15, 0.2) is 0 Å². The molecule has 1 saturated heterocycles. The number of aryl methyl sites for hydroxylation is 1. The van der Waals surface area contributed by atoms with E-state index < -0.39 is 11.9 Å². The molecule has 0 amide bonds. The van der Waals surface area contributed by atoms with Gasteiger partial charge >= 0.3 is 11.9 Å². The van der Waals surface area contributed by atoms with Crippen molar-refractivity contribution in [2.75, 3.05) is 39.5 Å². The number of nitrogens with zero attached hydrogens (tertiary/aromatic N) is 1. The molecule has 0 spiro atoms. The molecule has 1 fully saturated rings. The molecule has 1 heterocycles. The standard InChI is InChI=1S/C17H26ClNO2.C2H2O4/c1-14-6-8-19(9-7-14)10-11-20-12-13-21-17-15(2)4-3-5-16(17)18;3-1(4)2(5)6/h3-5,14H,6-13H2,1-2H3;(H,3,4)(H,5,6). The van der Waals surface area contributed by atoms with Crippen LogP contribution < -0.4 is 4.74 Å². The van der Waals surface area contributed by atoms with Gasteiger partial charge in [-0.05, 0) is 50.4 Å². The van der Waals surface area contributed by atoms with Crippen molar-refractivity contribution in [1.82, 2.24) is 4.90 Å². The number of hydrogen-bond donors (Lipinski definition) is 2. The minimum Gasteiger partial charge on any atom is -0.489 e. The number of likely N-dealkylation sites (tertiary alicyclic amines) is 1. The van der Waals surface area contributed by atoms with Crippen molar-refractivity contribution in [3.8, 4) is 5.75 Å². The summed E-state index contributed by atoms with van der Waals surface area (Å²) in [5.74, 6) is -1.99. The third kappa shape index (κ3) is 9.60.